The summed E-state index contributed by atoms with van der Waals surface area (Å²) in [5.74, 6) is -2.02. The number of benzene rings is 5. The normalized spacial score (nSPS) is 12.4. The van der Waals surface area contributed by atoms with Crippen LogP contribution >= 0.6 is 12.0 Å². The number of nitrogens with one attached hydrogen (secondary N) is 6. The van der Waals surface area contributed by atoms with E-state index in [-0.39, 0.29) is 71.2 Å². The first-order valence-electron chi connectivity index (χ1n) is 27.0. The van der Waals surface area contributed by atoms with Crippen molar-refractivity contribution in [1.82, 2.24) is 40.1 Å². The number of ether oxygens (including phenoxy) is 3. The van der Waals surface area contributed by atoms with Gasteiger partial charge < -0.3 is 45.4 Å². The van der Waals surface area contributed by atoms with Crippen LogP contribution in [0.25, 0.3) is 10.9 Å². The lowest BCUT2D eigenvalue weighted by atomic mass is 9.76. The molecular formula is C60H69N9O14S2. The van der Waals surface area contributed by atoms with E-state index in [4.69, 9.17) is 24.5 Å². The van der Waals surface area contributed by atoms with Crippen LogP contribution in [0.15, 0.2) is 150 Å². The van der Waals surface area contributed by atoms with Crippen molar-refractivity contribution in [3.8, 4) is 5.75 Å². The molecule has 0 aliphatic rings. The van der Waals surface area contributed by atoms with Gasteiger partial charge in [0.2, 0.25) is 33.2 Å². The van der Waals surface area contributed by atoms with E-state index in [1.165, 1.54) is 18.3 Å². The number of alkyl carbamates (subject to hydrolysis) is 1. The topological polar surface area (TPSA) is 298 Å². The SMILES string of the molecule is COC(=O)[C@H](CNC(=O)c1cn(C)c2cc(CNc3nccn3C(c3ccccc3)(c3ccccc3)c3ccccc3)ccc2c1=O)NS(=O)(=O)c1c(C)cc(OCCCC(=O)NCCNC(=O)[C@H](CSOOO)NC(=O)OC(C)(C)C)cc1C. The third kappa shape index (κ3) is 16.4. The zero-order valence-electron chi connectivity index (χ0n) is 48.0. The molecule has 2 aromatic heterocycles. The van der Waals surface area contributed by atoms with Gasteiger partial charge in [-0.15, -0.1) is 4.33 Å². The molecule has 7 aromatic rings. The average molecular weight is 1200 g/mol. The number of imidazole rings is 1. The molecule has 85 heavy (non-hydrogen) atoms. The number of carbonyl (C=O) groups excluding carboxylic acids is 5. The maximum Gasteiger partial charge on any atom is 0.408 e. The Morgan fingerprint density at radius 3 is 2.00 bits per heavy atom. The van der Waals surface area contributed by atoms with Gasteiger partial charge in [0.15, 0.2) is 0 Å². The molecule has 23 nitrogen and oxygen atoms in total. The molecule has 0 radical (unpaired) electrons. The van der Waals surface area contributed by atoms with E-state index in [1.54, 1.807) is 64.6 Å². The number of esters is 1. The molecule has 0 spiro atoms. The van der Waals surface area contributed by atoms with Crippen LogP contribution in [0.5, 0.6) is 5.75 Å². The fraction of sp³-hybridized carbons (Fsp3) is 0.317. The Labute approximate surface area is 496 Å². The third-order valence-electron chi connectivity index (χ3n) is 13.4. The van der Waals surface area contributed by atoms with Crippen LogP contribution in [0.4, 0.5) is 10.7 Å². The second-order valence-electron chi connectivity index (χ2n) is 20.6. The fourth-order valence-electron chi connectivity index (χ4n) is 9.68. The summed E-state index contributed by atoms with van der Waals surface area (Å²) in [6, 6.07) is 36.2. The van der Waals surface area contributed by atoms with Gasteiger partial charge in [0, 0.05) is 75.7 Å². The number of hydrogen-bond donors (Lipinski definition) is 7. The molecule has 7 rings (SSSR count). The number of anilines is 1. The van der Waals surface area contributed by atoms with Gasteiger partial charge in [0.25, 0.3) is 5.91 Å². The first kappa shape index (κ1) is 64.0. The molecule has 7 N–H and O–H groups in total. The number of pyridine rings is 1. The van der Waals surface area contributed by atoms with E-state index in [0.717, 1.165) is 29.4 Å². The number of sulfonamides is 1. The molecule has 0 saturated carbocycles. The van der Waals surface area contributed by atoms with Crippen molar-refractivity contribution in [1.29, 1.82) is 0 Å². The fourth-order valence-corrected chi connectivity index (χ4v) is 11.8. The molecule has 5 aromatic carbocycles. The van der Waals surface area contributed by atoms with Gasteiger partial charge in [0.05, 0.1) is 29.9 Å². The largest absolute Gasteiger partial charge is 0.494 e. The first-order valence-corrected chi connectivity index (χ1v) is 29.4. The van der Waals surface area contributed by atoms with Crippen molar-refractivity contribution < 1.29 is 61.2 Å². The summed E-state index contributed by atoms with van der Waals surface area (Å²) >= 11 is 0.561. The van der Waals surface area contributed by atoms with Crippen molar-refractivity contribution in [2.24, 2.45) is 7.05 Å². The van der Waals surface area contributed by atoms with Gasteiger partial charge in [-0.3, -0.25) is 28.5 Å². The highest BCUT2D eigenvalue weighted by Gasteiger charge is 2.40. The Morgan fingerprint density at radius 1 is 0.800 bits per heavy atom. The minimum atomic E-state index is -4.45. The number of fused-ring (bicyclic) bond motifs is 1. The highest BCUT2D eigenvalue weighted by atomic mass is 32.2. The summed E-state index contributed by atoms with van der Waals surface area (Å²) in [5.41, 5.74) is 2.54. The van der Waals surface area contributed by atoms with Crippen LogP contribution in [-0.2, 0) is 62.4 Å². The van der Waals surface area contributed by atoms with E-state index < -0.39 is 69.1 Å². The molecule has 2 heterocycles. The first-order chi connectivity index (χ1) is 40.7. The average Bonchev–Trinajstić information content (AvgIpc) is 2.16. The molecule has 0 saturated heterocycles. The number of nitrogens with zero attached hydrogens (tertiary/aromatic N) is 3. The highest BCUT2D eigenvalue weighted by molar-refractivity contribution is 7.94. The third-order valence-corrected chi connectivity index (χ3v) is 15.8. The molecule has 0 aliphatic heterocycles. The number of carbonyl (C=O) groups is 5. The van der Waals surface area contributed by atoms with Crippen LogP contribution in [0.3, 0.4) is 0 Å². The summed E-state index contributed by atoms with van der Waals surface area (Å²) in [6.45, 7) is 7.96. The highest BCUT2D eigenvalue weighted by Crippen LogP contribution is 2.42. The minimum absolute atomic E-state index is 0.0150. The lowest BCUT2D eigenvalue weighted by Gasteiger charge is -2.38. The van der Waals surface area contributed by atoms with E-state index in [2.05, 4.69) is 81.6 Å². The number of aryl methyl sites for hydroxylation is 3. The van der Waals surface area contributed by atoms with Gasteiger partial charge >= 0.3 is 12.1 Å². The molecule has 0 aliphatic carbocycles. The molecule has 4 amide bonds. The van der Waals surface area contributed by atoms with Crippen molar-refractivity contribution >= 4 is 68.7 Å². The minimum Gasteiger partial charge on any atom is -0.494 e. The number of rotatable bonds is 28. The predicted octanol–water partition coefficient (Wildman–Crippen LogP) is 6.41. The lowest BCUT2D eigenvalue weighted by molar-refractivity contribution is -0.432. The molecule has 0 fully saturated rings. The van der Waals surface area contributed by atoms with Crippen molar-refractivity contribution in [3.63, 3.8) is 0 Å². The molecular weight excluding hydrogens is 1130 g/mol. The number of aromatic nitrogens is 3. The van der Waals surface area contributed by atoms with Gasteiger partial charge in [-0.2, -0.15) is 4.72 Å². The van der Waals surface area contributed by atoms with Crippen LogP contribution in [0.1, 0.15) is 77.4 Å². The van der Waals surface area contributed by atoms with E-state index in [9.17, 15) is 37.2 Å². The van der Waals surface area contributed by atoms with Crippen LogP contribution in [0.2, 0.25) is 0 Å². The van der Waals surface area contributed by atoms with E-state index >= 15 is 0 Å². The van der Waals surface area contributed by atoms with Crippen LogP contribution in [0, 0.1) is 13.8 Å². The lowest BCUT2D eigenvalue weighted by Crippen LogP contribution is -2.50. The van der Waals surface area contributed by atoms with Crippen LogP contribution in [-0.4, -0.2) is 114 Å². The molecule has 25 heteroatoms. The van der Waals surface area contributed by atoms with Crippen molar-refractivity contribution in [3.05, 3.63) is 189 Å². The number of amides is 4. The second kappa shape index (κ2) is 29.3. The molecule has 0 bridgehead atoms. The number of hydrogen-bond acceptors (Lipinski definition) is 17. The molecule has 450 valence electrons. The zero-order valence-corrected chi connectivity index (χ0v) is 49.6. The Kier molecular flexibility index (Phi) is 22.0. The Hall–Kier alpha value is -8.59. The summed E-state index contributed by atoms with van der Waals surface area (Å²) in [6.07, 6.45) is 4.57. The second-order valence-corrected chi connectivity index (χ2v) is 23.0. The summed E-state index contributed by atoms with van der Waals surface area (Å²) in [5, 5.41) is 26.0. The Balaban J connectivity index is 0.937. The van der Waals surface area contributed by atoms with E-state index in [1.807, 2.05) is 66.9 Å². The number of methoxy groups -OCH3 is 1. The summed E-state index contributed by atoms with van der Waals surface area (Å²) in [4.78, 5) is 83.0. The van der Waals surface area contributed by atoms with Gasteiger partial charge in [-0.25, -0.2) is 23.5 Å². The maximum absolute atomic E-state index is 14.0. The van der Waals surface area contributed by atoms with E-state index in [0.29, 0.717) is 35.8 Å². The van der Waals surface area contributed by atoms with Gasteiger partial charge in [-0.05, 0) is 98.7 Å². The molecule has 2 atom stereocenters. The quantitative estimate of drug-likeness (QED) is 0.00696. The summed E-state index contributed by atoms with van der Waals surface area (Å²) < 4.78 is 54.3. The monoisotopic (exact) mass is 1200 g/mol. The van der Waals surface area contributed by atoms with Crippen molar-refractivity contribution in [2.45, 2.75) is 82.1 Å². The maximum atomic E-state index is 14.0. The Bertz CT molecular complexity index is 3520. The summed E-state index contributed by atoms with van der Waals surface area (Å²) in [7, 11) is -1.69. The standard InChI is InChI=1S/C60H69N9O14S2/c1-39-32-45(80-31-17-24-51(70)61-27-28-62-55(73)49(38-84-83-82-76)66-58(75)81-59(3,4)5)33-40(2)53(39)85(77,78)67-48(56(74)79-7)36-64-54(72)47-37-68(6)50-34-41(25-26-46(50)52(47)71)35-65-57-63-29-30-69(57)60(42-18-11-8-12-19-42,43-20-13-9-14-21-43)44-22-15-10-16-23-44/h8-16,18-23,25-26,29-30,32-34,37,48-49,67,76H,17,24,27-28,31,35-36,38H2,1-7H3,(H,61,70)(H,62,73)(H,63,65)(H,64,72)(H,66,75)/t48-,49-/m0/s1. The molecule has 0 unspecified atom stereocenters. The Morgan fingerprint density at radius 2 is 1.41 bits per heavy atom. The zero-order chi connectivity index (χ0) is 61.3. The van der Waals surface area contributed by atoms with Crippen LogP contribution < -0.4 is 41.5 Å². The van der Waals surface area contributed by atoms with Crippen molar-refractivity contribution in [2.75, 3.05) is 44.4 Å². The predicted molar refractivity (Wildman–Crippen MR) is 319 cm³/mol. The van der Waals surface area contributed by atoms with Gasteiger partial charge in [0.1, 0.15) is 34.5 Å². The smallest absolute Gasteiger partial charge is 0.408 e. The van der Waals surface area contributed by atoms with Gasteiger partial charge in [-0.1, -0.05) is 102 Å².